The average molecular weight is 615 g/mol. The largest absolute Gasteiger partial charge is 0.366 e. The highest BCUT2D eigenvalue weighted by Gasteiger charge is 2.27. The van der Waals surface area contributed by atoms with Crippen LogP contribution in [0, 0.1) is 5.82 Å². The van der Waals surface area contributed by atoms with E-state index in [4.69, 9.17) is 5.73 Å². The van der Waals surface area contributed by atoms with Gasteiger partial charge in [-0.2, -0.15) is 0 Å². The van der Waals surface area contributed by atoms with Gasteiger partial charge in [0.25, 0.3) is 17.7 Å². The Bertz CT molecular complexity index is 1560. The summed E-state index contributed by atoms with van der Waals surface area (Å²) in [5, 5.41) is 9.49. The lowest BCUT2D eigenvalue weighted by molar-refractivity contribution is 0.0663. The Morgan fingerprint density at radius 2 is 1.60 bits per heavy atom. The molecule has 236 valence electrons. The Morgan fingerprint density at radius 3 is 2.24 bits per heavy atom. The molecule has 3 aliphatic rings. The lowest BCUT2D eigenvalue weighted by atomic mass is 9.91. The van der Waals surface area contributed by atoms with Gasteiger partial charge in [-0.25, -0.2) is 14.4 Å². The summed E-state index contributed by atoms with van der Waals surface area (Å²) in [6.07, 6.45) is 6.61. The molecule has 0 atom stereocenters. The summed E-state index contributed by atoms with van der Waals surface area (Å²) in [7, 11) is 2.04. The zero-order chi connectivity index (χ0) is 31.5. The quantitative estimate of drug-likeness (QED) is 0.284. The van der Waals surface area contributed by atoms with E-state index in [9.17, 15) is 18.8 Å². The van der Waals surface area contributed by atoms with Gasteiger partial charge in [0.15, 0.2) is 11.5 Å². The number of primary amides is 1. The number of hydrogen-bond acceptors (Lipinski definition) is 8. The van der Waals surface area contributed by atoms with E-state index in [0.29, 0.717) is 36.1 Å². The van der Waals surface area contributed by atoms with Gasteiger partial charge in [0, 0.05) is 49.5 Å². The third-order valence-electron chi connectivity index (χ3n) is 8.89. The van der Waals surface area contributed by atoms with E-state index < -0.39 is 11.7 Å². The fourth-order valence-corrected chi connectivity index (χ4v) is 5.99. The number of anilines is 3. The van der Waals surface area contributed by atoms with Crippen molar-refractivity contribution < 1.29 is 18.8 Å². The summed E-state index contributed by atoms with van der Waals surface area (Å²) in [5.74, 6) is -0.457. The van der Waals surface area contributed by atoms with E-state index in [-0.39, 0.29) is 41.0 Å². The minimum absolute atomic E-state index is 0.00181. The van der Waals surface area contributed by atoms with Gasteiger partial charge in [-0.3, -0.25) is 14.4 Å². The van der Waals surface area contributed by atoms with Crippen LogP contribution < -0.4 is 21.7 Å². The first-order valence-electron chi connectivity index (χ1n) is 15.6. The van der Waals surface area contributed by atoms with Crippen molar-refractivity contribution in [2.45, 2.75) is 56.5 Å². The van der Waals surface area contributed by atoms with Crippen molar-refractivity contribution >= 4 is 35.0 Å². The Hall–Kier alpha value is -4.58. The number of carbonyl (C=O) groups is 3. The second-order valence-electron chi connectivity index (χ2n) is 12.3. The second-order valence-corrected chi connectivity index (χ2v) is 12.3. The van der Waals surface area contributed by atoms with Gasteiger partial charge in [0.05, 0.1) is 11.8 Å². The van der Waals surface area contributed by atoms with Crippen molar-refractivity contribution in [3.63, 3.8) is 0 Å². The minimum atomic E-state index is -0.715. The zero-order valence-corrected chi connectivity index (χ0v) is 25.4. The van der Waals surface area contributed by atoms with E-state index in [1.807, 2.05) is 18.0 Å². The molecule has 5 N–H and O–H groups in total. The molecule has 3 fully saturated rings. The summed E-state index contributed by atoms with van der Waals surface area (Å²) in [5.41, 5.74) is 7.85. The number of piperazine rings is 1. The highest BCUT2D eigenvalue weighted by molar-refractivity contribution is 5.97. The van der Waals surface area contributed by atoms with Crippen molar-refractivity contribution in [3.05, 3.63) is 76.9 Å². The number of rotatable bonds is 9. The molecule has 3 amide bonds. The highest BCUT2D eigenvalue weighted by Crippen LogP contribution is 2.40. The number of nitrogens with one attached hydrogen (secondary N) is 3. The molecule has 12 heteroatoms. The lowest BCUT2D eigenvalue weighted by Crippen LogP contribution is -2.47. The number of amides is 3. The fourth-order valence-electron chi connectivity index (χ4n) is 5.99. The highest BCUT2D eigenvalue weighted by atomic mass is 19.1. The number of halogens is 1. The van der Waals surface area contributed by atoms with Crippen LogP contribution in [0.1, 0.15) is 81.2 Å². The molecule has 45 heavy (non-hydrogen) atoms. The van der Waals surface area contributed by atoms with Gasteiger partial charge in [0.1, 0.15) is 11.6 Å². The molecule has 0 spiro atoms. The van der Waals surface area contributed by atoms with Gasteiger partial charge in [-0.1, -0.05) is 6.07 Å². The van der Waals surface area contributed by atoms with Crippen molar-refractivity contribution in [1.29, 1.82) is 0 Å². The van der Waals surface area contributed by atoms with E-state index >= 15 is 0 Å². The van der Waals surface area contributed by atoms with E-state index in [2.05, 4.69) is 30.8 Å². The van der Waals surface area contributed by atoms with Crippen molar-refractivity contribution in [1.82, 2.24) is 25.1 Å². The standard InChI is InChI=1S/C33H39FN8O3/c1-41-14-16-42(17-15-41)33(45)21-4-7-24(8-5-21)38-31-29(30(35)43)36-19-28(40-31)37-23-9-11-25(12-10-23)39-32(44)26-13-6-22(18-27(26)34)20-2-3-20/h4-8,13,18-20,23,25H,2-3,9-12,14-17H2,1H3,(H2,35,43)(H,39,44)(H2,37,38,40)/t23-,25-. The maximum atomic E-state index is 14.6. The van der Waals surface area contributed by atoms with E-state index in [1.165, 1.54) is 12.3 Å². The Kier molecular flexibility index (Phi) is 8.92. The van der Waals surface area contributed by atoms with E-state index in [0.717, 1.165) is 57.2 Å². The number of hydrogen-bond donors (Lipinski definition) is 4. The Balaban J connectivity index is 1.04. The zero-order valence-electron chi connectivity index (χ0n) is 25.4. The molecular weight excluding hydrogens is 575 g/mol. The van der Waals surface area contributed by atoms with Crippen molar-refractivity contribution in [3.8, 4) is 0 Å². The topological polar surface area (TPSA) is 146 Å². The van der Waals surface area contributed by atoms with Crippen molar-refractivity contribution in [2.75, 3.05) is 43.9 Å². The molecule has 11 nitrogen and oxygen atoms in total. The molecule has 6 rings (SSSR count). The molecule has 2 heterocycles. The smallest absolute Gasteiger partial charge is 0.271 e. The van der Waals surface area contributed by atoms with Crippen LogP contribution in [0.4, 0.5) is 21.7 Å². The predicted octanol–water partition coefficient (Wildman–Crippen LogP) is 3.88. The van der Waals surface area contributed by atoms with Gasteiger partial charge in [-0.15, -0.1) is 0 Å². The van der Waals surface area contributed by atoms with Gasteiger partial charge < -0.3 is 31.5 Å². The third-order valence-corrected chi connectivity index (χ3v) is 8.89. The summed E-state index contributed by atoms with van der Waals surface area (Å²) < 4.78 is 14.6. The first-order valence-corrected chi connectivity index (χ1v) is 15.6. The minimum Gasteiger partial charge on any atom is -0.366 e. The monoisotopic (exact) mass is 614 g/mol. The predicted molar refractivity (Wildman–Crippen MR) is 169 cm³/mol. The van der Waals surface area contributed by atoms with Crippen LogP contribution >= 0.6 is 0 Å². The van der Waals surface area contributed by atoms with Crippen LogP contribution in [-0.2, 0) is 0 Å². The SMILES string of the molecule is CN1CCN(C(=O)c2ccc(Nc3nc(N[C@H]4CC[C@H](NC(=O)c5ccc(C6CC6)cc5F)CC4)cnc3C(N)=O)cc2)CC1. The molecule has 1 saturated heterocycles. The molecule has 2 aromatic carbocycles. The average Bonchev–Trinajstić information content (AvgIpc) is 3.88. The normalized spacial score (nSPS) is 20.4. The van der Waals surface area contributed by atoms with Gasteiger partial charge in [-0.05, 0) is 93.5 Å². The van der Waals surface area contributed by atoms with Crippen LogP contribution in [-0.4, -0.2) is 82.8 Å². The molecule has 0 bridgehead atoms. The number of nitrogens with two attached hydrogens (primary N) is 1. The van der Waals surface area contributed by atoms with Crippen LogP contribution in [0.2, 0.25) is 0 Å². The molecule has 1 aliphatic heterocycles. The van der Waals surface area contributed by atoms with Gasteiger partial charge in [0.2, 0.25) is 0 Å². The second kappa shape index (κ2) is 13.2. The Morgan fingerprint density at radius 1 is 0.911 bits per heavy atom. The summed E-state index contributed by atoms with van der Waals surface area (Å²) in [4.78, 5) is 50.6. The lowest BCUT2D eigenvalue weighted by Gasteiger charge is -2.32. The molecular formula is C33H39FN8O3. The summed E-state index contributed by atoms with van der Waals surface area (Å²) >= 11 is 0. The Labute approximate surface area is 261 Å². The number of benzene rings is 2. The molecule has 0 radical (unpaired) electrons. The van der Waals surface area contributed by atoms with Gasteiger partial charge >= 0.3 is 0 Å². The molecule has 2 saturated carbocycles. The van der Waals surface area contributed by atoms with Crippen LogP contribution in [0.15, 0.2) is 48.7 Å². The summed E-state index contributed by atoms with van der Waals surface area (Å²) in [6, 6.07) is 12.0. The van der Waals surface area contributed by atoms with Crippen LogP contribution in [0.25, 0.3) is 0 Å². The maximum absolute atomic E-state index is 14.6. The number of likely N-dealkylation sites (N-methyl/N-ethyl adjacent to an activating group) is 1. The first-order chi connectivity index (χ1) is 21.7. The van der Waals surface area contributed by atoms with Crippen LogP contribution in [0.5, 0.6) is 0 Å². The number of aromatic nitrogens is 2. The molecule has 2 aliphatic carbocycles. The molecule has 1 aromatic heterocycles. The number of nitrogens with zero attached hydrogens (tertiary/aromatic N) is 4. The number of carbonyl (C=O) groups excluding carboxylic acids is 3. The fraction of sp³-hybridized carbons (Fsp3) is 0.424. The summed E-state index contributed by atoms with van der Waals surface area (Å²) in [6.45, 7) is 3.08. The molecule has 0 unspecified atom stereocenters. The maximum Gasteiger partial charge on any atom is 0.271 e. The third kappa shape index (κ3) is 7.39. The first kappa shape index (κ1) is 30.4. The van der Waals surface area contributed by atoms with Crippen molar-refractivity contribution in [2.24, 2.45) is 5.73 Å². The molecule has 3 aromatic rings. The van der Waals surface area contributed by atoms with E-state index in [1.54, 1.807) is 30.3 Å². The van der Waals surface area contributed by atoms with Crippen LogP contribution in [0.3, 0.4) is 0 Å².